The van der Waals surface area contributed by atoms with Crippen molar-refractivity contribution in [2.45, 2.75) is 11.8 Å². The summed E-state index contributed by atoms with van der Waals surface area (Å²) in [5, 5.41) is 0. The molecule has 0 bridgehead atoms. The van der Waals surface area contributed by atoms with Crippen molar-refractivity contribution in [1.29, 1.82) is 0 Å². The van der Waals surface area contributed by atoms with Gasteiger partial charge in [0.25, 0.3) is 0 Å². The number of hydrogen-bond donors (Lipinski definition) is 0. The van der Waals surface area contributed by atoms with E-state index in [4.69, 9.17) is 0 Å². The van der Waals surface area contributed by atoms with Crippen LogP contribution in [-0.4, -0.2) is 61.1 Å². The Balaban J connectivity index is 1.87. The van der Waals surface area contributed by atoms with Gasteiger partial charge in [-0.15, -0.1) is 11.8 Å². The van der Waals surface area contributed by atoms with Gasteiger partial charge in [0.2, 0.25) is 0 Å². The number of rotatable bonds is 5. The smallest absolute Gasteiger partial charge is 0.176 e. The first-order valence-corrected chi connectivity index (χ1v) is 8.07. The van der Waals surface area contributed by atoms with Gasteiger partial charge in [0.1, 0.15) is 0 Å². The fourth-order valence-corrected chi connectivity index (χ4v) is 2.74. The van der Waals surface area contributed by atoms with Gasteiger partial charge in [0, 0.05) is 36.6 Å². The molecule has 3 nitrogen and oxygen atoms in total. The summed E-state index contributed by atoms with van der Waals surface area (Å²) < 4.78 is 0. The lowest BCUT2D eigenvalue weighted by Crippen LogP contribution is -2.47. The van der Waals surface area contributed by atoms with Crippen LogP contribution in [0.3, 0.4) is 0 Å². The van der Waals surface area contributed by atoms with E-state index in [0.29, 0.717) is 6.54 Å². The van der Waals surface area contributed by atoms with Gasteiger partial charge in [-0.25, -0.2) is 0 Å². The van der Waals surface area contributed by atoms with Crippen molar-refractivity contribution < 1.29 is 4.79 Å². The summed E-state index contributed by atoms with van der Waals surface area (Å²) in [5.41, 5.74) is 0.829. The molecule has 1 aromatic rings. The second-order valence-electron chi connectivity index (χ2n) is 4.86. The lowest BCUT2D eigenvalue weighted by atomic mass is 10.1. The highest BCUT2D eigenvalue weighted by Gasteiger charge is 2.18. The summed E-state index contributed by atoms with van der Waals surface area (Å²) >= 11 is 1.70. The Kier molecular flexibility index (Phi) is 5.43. The first-order valence-electron chi connectivity index (χ1n) is 6.85. The number of likely N-dealkylation sites (N-methyl/N-ethyl adjacent to an activating group) is 1. The van der Waals surface area contributed by atoms with E-state index in [9.17, 15) is 4.79 Å². The third kappa shape index (κ3) is 4.06. The topological polar surface area (TPSA) is 23.6 Å². The molecule has 1 fully saturated rings. The fourth-order valence-electron chi connectivity index (χ4n) is 2.33. The number of nitrogens with zero attached hydrogens (tertiary/aromatic N) is 2. The summed E-state index contributed by atoms with van der Waals surface area (Å²) in [5.74, 6) is 0.234. The molecule has 0 unspecified atom stereocenters. The van der Waals surface area contributed by atoms with Crippen molar-refractivity contribution in [3.05, 3.63) is 29.8 Å². The predicted molar refractivity (Wildman–Crippen MR) is 81.1 cm³/mol. The molecule has 0 radical (unpaired) electrons. The minimum Gasteiger partial charge on any atom is -0.301 e. The van der Waals surface area contributed by atoms with Gasteiger partial charge in [0.05, 0.1) is 6.54 Å². The van der Waals surface area contributed by atoms with Crippen molar-refractivity contribution in [1.82, 2.24) is 9.80 Å². The number of hydrogen-bond acceptors (Lipinski definition) is 4. The molecule has 1 heterocycles. The SMILES string of the molecule is CCN1CCN(CC(=O)c2ccc(SC)cc2)CC1. The number of Topliss-reactive ketones (excluding diaryl/α,β-unsaturated/α-hetero) is 1. The zero-order valence-electron chi connectivity index (χ0n) is 11.8. The van der Waals surface area contributed by atoms with Crippen LogP contribution in [0, 0.1) is 0 Å². The first kappa shape index (κ1) is 14.6. The largest absolute Gasteiger partial charge is 0.301 e. The van der Waals surface area contributed by atoms with Crippen LogP contribution >= 0.6 is 11.8 Å². The van der Waals surface area contributed by atoms with Crippen LogP contribution in [-0.2, 0) is 0 Å². The maximum Gasteiger partial charge on any atom is 0.176 e. The van der Waals surface area contributed by atoms with Gasteiger partial charge >= 0.3 is 0 Å². The molecule has 2 rings (SSSR count). The Bertz CT molecular complexity index is 411. The molecule has 19 heavy (non-hydrogen) atoms. The van der Waals surface area contributed by atoms with Gasteiger partial charge < -0.3 is 4.90 Å². The van der Waals surface area contributed by atoms with E-state index in [0.717, 1.165) is 38.3 Å². The van der Waals surface area contributed by atoms with E-state index in [1.807, 2.05) is 30.5 Å². The Labute approximate surface area is 120 Å². The fraction of sp³-hybridized carbons (Fsp3) is 0.533. The molecule has 1 aliphatic heterocycles. The molecular weight excluding hydrogens is 256 g/mol. The van der Waals surface area contributed by atoms with Gasteiger partial charge in [-0.3, -0.25) is 9.69 Å². The molecule has 0 N–H and O–H groups in total. The van der Waals surface area contributed by atoms with Crippen LogP contribution in [0.5, 0.6) is 0 Å². The molecule has 0 spiro atoms. The lowest BCUT2D eigenvalue weighted by molar-refractivity contribution is 0.0859. The van der Waals surface area contributed by atoms with Crippen LogP contribution in [0.4, 0.5) is 0 Å². The van der Waals surface area contributed by atoms with E-state index in [2.05, 4.69) is 16.7 Å². The second kappa shape index (κ2) is 7.08. The van der Waals surface area contributed by atoms with Crippen molar-refractivity contribution >= 4 is 17.5 Å². The van der Waals surface area contributed by atoms with Crippen LogP contribution in [0.15, 0.2) is 29.2 Å². The Hall–Kier alpha value is -0.840. The zero-order valence-corrected chi connectivity index (χ0v) is 12.6. The highest BCUT2D eigenvalue weighted by molar-refractivity contribution is 7.98. The molecule has 104 valence electrons. The molecule has 0 aromatic heterocycles. The molecule has 1 saturated heterocycles. The van der Waals surface area contributed by atoms with Crippen molar-refractivity contribution in [2.75, 3.05) is 45.5 Å². The molecule has 0 atom stereocenters. The summed E-state index contributed by atoms with van der Waals surface area (Å²) in [6.07, 6.45) is 2.05. The van der Waals surface area contributed by atoms with Gasteiger partial charge in [-0.2, -0.15) is 0 Å². The number of ketones is 1. The number of carbonyl (C=O) groups excluding carboxylic acids is 1. The quantitative estimate of drug-likeness (QED) is 0.609. The highest BCUT2D eigenvalue weighted by atomic mass is 32.2. The van der Waals surface area contributed by atoms with Crippen LogP contribution in [0.2, 0.25) is 0 Å². The third-order valence-electron chi connectivity index (χ3n) is 3.69. The number of benzene rings is 1. The number of carbonyl (C=O) groups is 1. The average Bonchev–Trinajstić information content (AvgIpc) is 2.48. The summed E-state index contributed by atoms with van der Waals surface area (Å²) in [6, 6.07) is 7.92. The molecule has 0 aliphatic carbocycles. The molecule has 1 aromatic carbocycles. The van der Waals surface area contributed by atoms with Gasteiger partial charge in [0.15, 0.2) is 5.78 Å². The minimum atomic E-state index is 0.234. The molecule has 0 amide bonds. The first-order chi connectivity index (χ1) is 9.22. The Morgan fingerprint density at radius 2 is 1.68 bits per heavy atom. The van der Waals surface area contributed by atoms with Crippen molar-refractivity contribution in [2.24, 2.45) is 0 Å². The standard InChI is InChI=1S/C15H22N2OS/c1-3-16-8-10-17(11-9-16)12-15(18)13-4-6-14(19-2)7-5-13/h4-7H,3,8-12H2,1-2H3. The summed E-state index contributed by atoms with van der Waals surface area (Å²) in [6.45, 7) is 8.01. The zero-order chi connectivity index (χ0) is 13.7. The Morgan fingerprint density at radius 3 is 2.21 bits per heavy atom. The maximum absolute atomic E-state index is 12.2. The normalized spacial score (nSPS) is 17.6. The van der Waals surface area contributed by atoms with Crippen LogP contribution in [0.1, 0.15) is 17.3 Å². The van der Waals surface area contributed by atoms with E-state index in [1.54, 1.807) is 11.8 Å². The highest BCUT2D eigenvalue weighted by Crippen LogP contribution is 2.15. The maximum atomic E-state index is 12.2. The molecule has 0 saturated carbocycles. The number of thioether (sulfide) groups is 1. The van der Waals surface area contributed by atoms with E-state index < -0.39 is 0 Å². The Morgan fingerprint density at radius 1 is 1.11 bits per heavy atom. The predicted octanol–water partition coefficient (Wildman–Crippen LogP) is 2.23. The monoisotopic (exact) mass is 278 g/mol. The molecule has 1 aliphatic rings. The van der Waals surface area contributed by atoms with E-state index >= 15 is 0 Å². The van der Waals surface area contributed by atoms with Crippen molar-refractivity contribution in [3.8, 4) is 0 Å². The van der Waals surface area contributed by atoms with E-state index in [1.165, 1.54) is 4.90 Å². The lowest BCUT2D eigenvalue weighted by Gasteiger charge is -2.33. The number of piperazine rings is 1. The molecule has 4 heteroatoms. The van der Waals surface area contributed by atoms with Gasteiger partial charge in [-0.1, -0.05) is 19.1 Å². The van der Waals surface area contributed by atoms with Crippen LogP contribution < -0.4 is 0 Å². The second-order valence-corrected chi connectivity index (χ2v) is 5.74. The van der Waals surface area contributed by atoms with E-state index in [-0.39, 0.29) is 5.78 Å². The average molecular weight is 278 g/mol. The molecular formula is C15H22N2OS. The third-order valence-corrected chi connectivity index (χ3v) is 4.43. The van der Waals surface area contributed by atoms with Crippen LogP contribution in [0.25, 0.3) is 0 Å². The van der Waals surface area contributed by atoms with Crippen molar-refractivity contribution in [3.63, 3.8) is 0 Å². The summed E-state index contributed by atoms with van der Waals surface area (Å²) in [4.78, 5) is 18.1. The summed E-state index contributed by atoms with van der Waals surface area (Å²) in [7, 11) is 0. The minimum absolute atomic E-state index is 0.234. The van der Waals surface area contributed by atoms with Gasteiger partial charge in [-0.05, 0) is 24.9 Å².